The molecule has 1 atom stereocenters. The van der Waals surface area contributed by atoms with Gasteiger partial charge in [-0.2, -0.15) is 0 Å². The summed E-state index contributed by atoms with van der Waals surface area (Å²) >= 11 is 5.61. The number of halogens is 1. The fourth-order valence-corrected chi connectivity index (χ4v) is 2.00. The zero-order chi connectivity index (χ0) is 17.0. The number of aliphatic carboxylic acids is 1. The molecule has 8 nitrogen and oxygen atoms in total. The number of carbonyl (C=O) groups excluding carboxylic acids is 1. The highest BCUT2D eigenvalue weighted by molar-refractivity contribution is 6.30. The largest absolute Gasteiger partial charge is 0.480 e. The number of carbonyl (C=O) groups is 2. The van der Waals surface area contributed by atoms with E-state index in [2.05, 4.69) is 5.32 Å². The summed E-state index contributed by atoms with van der Waals surface area (Å²) in [6.45, 7) is -0.386. The Balaban J connectivity index is 2.22. The molecule has 0 saturated carbocycles. The van der Waals surface area contributed by atoms with Gasteiger partial charge >= 0.3 is 11.7 Å². The van der Waals surface area contributed by atoms with Crippen molar-refractivity contribution in [1.29, 1.82) is 0 Å². The second kappa shape index (κ2) is 6.93. The molecule has 9 heteroatoms. The summed E-state index contributed by atoms with van der Waals surface area (Å²) in [6.07, 6.45) is 1.02. The van der Waals surface area contributed by atoms with E-state index in [1.54, 1.807) is 18.2 Å². The van der Waals surface area contributed by atoms with Crippen molar-refractivity contribution in [3.63, 3.8) is 0 Å². The van der Waals surface area contributed by atoms with Gasteiger partial charge in [-0.1, -0.05) is 29.8 Å². The van der Waals surface area contributed by atoms with Crippen molar-refractivity contribution in [3.8, 4) is 0 Å². The van der Waals surface area contributed by atoms with E-state index in [4.69, 9.17) is 11.6 Å². The summed E-state index contributed by atoms with van der Waals surface area (Å²) < 4.78 is 0.911. The van der Waals surface area contributed by atoms with Crippen LogP contribution in [0.15, 0.2) is 46.1 Å². The first kappa shape index (κ1) is 16.5. The van der Waals surface area contributed by atoms with E-state index in [1.165, 1.54) is 12.1 Å². The third-order valence-electron chi connectivity index (χ3n) is 2.99. The number of nitrogens with zero attached hydrogens (tertiary/aromatic N) is 1. The first-order valence-electron chi connectivity index (χ1n) is 6.46. The maximum atomic E-state index is 12.0. The van der Waals surface area contributed by atoms with Crippen molar-refractivity contribution in [3.05, 3.63) is 68.0 Å². The summed E-state index contributed by atoms with van der Waals surface area (Å²) in [5.74, 6) is -1.93. The molecular weight excluding hydrogens is 326 g/mol. The molecule has 0 aliphatic rings. The van der Waals surface area contributed by atoms with Gasteiger partial charge in [0.2, 0.25) is 0 Å². The lowest BCUT2D eigenvalue weighted by atomic mass is 10.2. The van der Waals surface area contributed by atoms with Crippen molar-refractivity contribution in [2.45, 2.75) is 12.6 Å². The SMILES string of the molecule is O=C(NC(Cn1cc(Cl)c(=O)[nH]c1=O)C(=O)O)c1ccccc1. The van der Waals surface area contributed by atoms with Crippen molar-refractivity contribution in [1.82, 2.24) is 14.9 Å². The van der Waals surface area contributed by atoms with Gasteiger partial charge in [-0.05, 0) is 12.1 Å². The summed E-state index contributed by atoms with van der Waals surface area (Å²) in [5.41, 5.74) is -1.31. The highest BCUT2D eigenvalue weighted by atomic mass is 35.5. The minimum absolute atomic E-state index is 0.261. The predicted molar refractivity (Wildman–Crippen MR) is 81.7 cm³/mol. The molecule has 0 saturated heterocycles. The molecule has 0 bridgehead atoms. The molecule has 2 aromatic rings. The summed E-state index contributed by atoms with van der Waals surface area (Å²) in [4.78, 5) is 48.1. The van der Waals surface area contributed by atoms with Crippen molar-refractivity contribution >= 4 is 23.5 Å². The van der Waals surface area contributed by atoms with Gasteiger partial charge in [-0.15, -0.1) is 0 Å². The molecular formula is C14H12ClN3O5. The highest BCUT2D eigenvalue weighted by Crippen LogP contribution is 2.01. The normalized spacial score (nSPS) is 11.7. The maximum absolute atomic E-state index is 12.0. The Hall–Kier alpha value is -2.87. The van der Waals surface area contributed by atoms with Gasteiger partial charge < -0.3 is 10.4 Å². The van der Waals surface area contributed by atoms with E-state index in [0.29, 0.717) is 0 Å². The number of H-pyrrole nitrogens is 1. The van der Waals surface area contributed by atoms with Crippen LogP contribution in [0.1, 0.15) is 10.4 Å². The highest BCUT2D eigenvalue weighted by Gasteiger charge is 2.22. The molecule has 1 amide bonds. The molecule has 2 rings (SSSR count). The second-order valence-corrected chi connectivity index (χ2v) is 5.03. The summed E-state index contributed by atoms with van der Waals surface area (Å²) in [5, 5.41) is 11.3. The van der Waals surface area contributed by atoms with Crippen LogP contribution in [0.25, 0.3) is 0 Å². The molecule has 0 radical (unpaired) electrons. The second-order valence-electron chi connectivity index (χ2n) is 4.62. The monoisotopic (exact) mass is 337 g/mol. The quantitative estimate of drug-likeness (QED) is 0.713. The van der Waals surface area contributed by atoms with Crippen LogP contribution in [0.2, 0.25) is 5.02 Å². The van der Waals surface area contributed by atoms with E-state index >= 15 is 0 Å². The number of amides is 1. The Kier molecular flexibility index (Phi) is 4.97. The fraction of sp³-hybridized carbons (Fsp3) is 0.143. The average molecular weight is 338 g/mol. The predicted octanol–water partition coefficient (Wildman–Crippen LogP) is 0.0732. The maximum Gasteiger partial charge on any atom is 0.328 e. The molecule has 0 spiro atoms. The number of aromatic amines is 1. The van der Waals surface area contributed by atoms with Crippen molar-refractivity contribution in [2.75, 3.05) is 0 Å². The lowest BCUT2D eigenvalue weighted by Gasteiger charge is -2.15. The molecule has 1 aromatic heterocycles. The molecule has 3 N–H and O–H groups in total. The molecule has 23 heavy (non-hydrogen) atoms. The van der Waals surface area contributed by atoms with Gasteiger partial charge in [0, 0.05) is 11.8 Å². The van der Waals surface area contributed by atoms with E-state index < -0.39 is 29.2 Å². The number of aromatic nitrogens is 2. The van der Waals surface area contributed by atoms with Gasteiger partial charge in [0.15, 0.2) is 0 Å². The molecule has 0 fully saturated rings. The Morgan fingerprint density at radius 1 is 1.26 bits per heavy atom. The molecule has 1 aromatic carbocycles. The summed E-state index contributed by atoms with van der Waals surface area (Å²) in [6, 6.07) is 6.66. The van der Waals surface area contributed by atoms with E-state index in [9.17, 15) is 24.3 Å². The van der Waals surface area contributed by atoms with Crippen LogP contribution in [0.5, 0.6) is 0 Å². The van der Waals surface area contributed by atoms with E-state index in [1.807, 2.05) is 4.98 Å². The third-order valence-corrected chi connectivity index (χ3v) is 3.26. The van der Waals surface area contributed by atoms with Crippen LogP contribution in [0, 0.1) is 0 Å². The van der Waals surface area contributed by atoms with E-state index in [-0.39, 0.29) is 17.1 Å². The van der Waals surface area contributed by atoms with Crippen LogP contribution in [0.3, 0.4) is 0 Å². The first-order chi connectivity index (χ1) is 10.9. The van der Waals surface area contributed by atoms with Crippen LogP contribution in [0.4, 0.5) is 0 Å². The lowest BCUT2D eigenvalue weighted by Crippen LogP contribution is -2.46. The van der Waals surface area contributed by atoms with Gasteiger partial charge in [-0.25, -0.2) is 9.59 Å². The topological polar surface area (TPSA) is 121 Å². The number of hydrogen-bond acceptors (Lipinski definition) is 4. The van der Waals surface area contributed by atoms with Gasteiger partial charge in [0.25, 0.3) is 11.5 Å². The standard InChI is InChI=1S/C14H12ClN3O5/c15-9-6-18(14(23)17-12(9)20)7-10(13(21)22)16-11(19)8-4-2-1-3-5-8/h1-6,10H,7H2,(H,16,19)(H,21,22)(H,17,20,23). The van der Waals surface area contributed by atoms with E-state index in [0.717, 1.165) is 10.8 Å². The third kappa shape index (κ3) is 4.07. The Bertz CT molecular complexity index is 843. The Morgan fingerprint density at radius 3 is 2.52 bits per heavy atom. The summed E-state index contributed by atoms with van der Waals surface area (Å²) in [7, 11) is 0. The van der Waals surface area contributed by atoms with Gasteiger partial charge in [0.05, 0.1) is 6.54 Å². The zero-order valence-corrected chi connectivity index (χ0v) is 12.4. The molecule has 1 unspecified atom stereocenters. The van der Waals surface area contributed by atoms with Crippen LogP contribution >= 0.6 is 11.6 Å². The van der Waals surface area contributed by atoms with Crippen molar-refractivity contribution in [2.24, 2.45) is 0 Å². The van der Waals surface area contributed by atoms with Gasteiger partial charge in [-0.3, -0.25) is 19.1 Å². The minimum atomic E-state index is -1.37. The molecule has 0 aliphatic carbocycles. The molecule has 0 aliphatic heterocycles. The number of carboxylic acid groups (broad SMARTS) is 1. The number of carboxylic acids is 1. The smallest absolute Gasteiger partial charge is 0.328 e. The minimum Gasteiger partial charge on any atom is -0.480 e. The fourth-order valence-electron chi connectivity index (χ4n) is 1.83. The number of rotatable bonds is 5. The van der Waals surface area contributed by atoms with Crippen LogP contribution in [-0.4, -0.2) is 32.6 Å². The van der Waals surface area contributed by atoms with Crippen molar-refractivity contribution < 1.29 is 14.7 Å². The number of benzene rings is 1. The van der Waals surface area contributed by atoms with Crippen LogP contribution < -0.4 is 16.6 Å². The van der Waals surface area contributed by atoms with Crippen LogP contribution in [-0.2, 0) is 11.3 Å². The first-order valence-corrected chi connectivity index (χ1v) is 6.84. The average Bonchev–Trinajstić information content (AvgIpc) is 2.52. The number of nitrogens with one attached hydrogen (secondary N) is 2. The zero-order valence-electron chi connectivity index (χ0n) is 11.7. The molecule has 120 valence electrons. The lowest BCUT2D eigenvalue weighted by molar-refractivity contribution is -0.139. The molecule has 1 heterocycles. The Labute approximate surface area is 134 Å². The van der Waals surface area contributed by atoms with Gasteiger partial charge in [0.1, 0.15) is 11.1 Å². The Morgan fingerprint density at radius 2 is 1.91 bits per heavy atom. The number of hydrogen-bond donors (Lipinski definition) is 3.